The van der Waals surface area contributed by atoms with Crippen LogP contribution in [0.4, 0.5) is 0 Å². The molecule has 0 spiro atoms. The number of hydrogen-bond acceptors (Lipinski definition) is 2. The predicted molar refractivity (Wildman–Crippen MR) is 94.6 cm³/mol. The second-order valence-corrected chi connectivity index (χ2v) is 7.72. The van der Waals surface area contributed by atoms with Crippen molar-refractivity contribution in [2.75, 3.05) is 4.43 Å². The van der Waals surface area contributed by atoms with E-state index in [0.717, 1.165) is 11.1 Å². The molecule has 0 fully saturated rings. The second kappa shape index (κ2) is 7.09. The van der Waals surface area contributed by atoms with Gasteiger partial charge < -0.3 is 0 Å². The number of hydrogen-bond donors (Lipinski definition) is 1. The number of halogens is 2. The van der Waals surface area contributed by atoms with Gasteiger partial charge in [-0.25, -0.2) is 13.1 Å². The number of rotatable bonds is 5. The molecule has 0 saturated carbocycles. The molecule has 1 N–H and O–H groups in total. The van der Waals surface area contributed by atoms with Gasteiger partial charge in [0.05, 0.1) is 10.9 Å². The third-order valence-electron chi connectivity index (χ3n) is 3.06. The lowest BCUT2D eigenvalue weighted by Gasteiger charge is -2.17. The van der Waals surface area contributed by atoms with Crippen molar-refractivity contribution in [3.05, 3.63) is 64.7 Å². The lowest BCUT2D eigenvalue weighted by atomic mass is 10.1. The highest BCUT2D eigenvalue weighted by atomic mass is 127. The summed E-state index contributed by atoms with van der Waals surface area (Å²) in [6.07, 6.45) is 0. The van der Waals surface area contributed by atoms with Gasteiger partial charge in [0.1, 0.15) is 0 Å². The Balaban J connectivity index is 2.24. The molecular weight excluding hydrogens is 421 g/mol. The van der Waals surface area contributed by atoms with E-state index in [1.54, 1.807) is 36.4 Å². The molecule has 0 aliphatic heterocycles. The van der Waals surface area contributed by atoms with E-state index in [0.29, 0.717) is 9.45 Å². The van der Waals surface area contributed by atoms with Gasteiger partial charge in [-0.15, -0.1) is 0 Å². The molecule has 0 saturated heterocycles. The van der Waals surface area contributed by atoms with Gasteiger partial charge in [0.2, 0.25) is 10.0 Å². The van der Waals surface area contributed by atoms with Crippen LogP contribution in [0.1, 0.15) is 17.2 Å². The van der Waals surface area contributed by atoms with E-state index in [1.807, 2.05) is 19.1 Å². The van der Waals surface area contributed by atoms with E-state index in [1.165, 1.54) is 0 Å². The first-order valence-corrected chi connectivity index (χ1v) is 9.71. The molecule has 3 nitrogen and oxygen atoms in total. The van der Waals surface area contributed by atoms with Crippen LogP contribution < -0.4 is 4.72 Å². The van der Waals surface area contributed by atoms with Crippen LogP contribution in [0.15, 0.2) is 53.4 Å². The van der Waals surface area contributed by atoms with Crippen LogP contribution in [0.2, 0.25) is 5.02 Å². The summed E-state index contributed by atoms with van der Waals surface area (Å²) in [7, 11) is -3.53. The minimum atomic E-state index is -3.53. The number of nitrogens with one attached hydrogen (secondary N) is 1. The molecule has 2 aromatic carbocycles. The first kappa shape index (κ1) is 16.7. The van der Waals surface area contributed by atoms with Crippen molar-refractivity contribution < 1.29 is 8.42 Å². The fraction of sp³-hybridized carbons (Fsp3) is 0.200. The molecule has 112 valence electrons. The summed E-state index contributed by atoms with van der Waals surface area (Å²) in [5.74, 6) is 0. The van der Waals surface area contributed by atoms with Crippen molar-refractivity contribution in [1.82, 2.24) is 4.72 Å². The van der Waals surface area contributed by atoms with Crippen molar-refractivity contribution >= 4 is 44.2 Å². The molecule has 2 rings (SSSR count). The van der Waals surface area contributed by atoms with Gasteiger partial charge in [-0.1, -0.05) is 64.0 Å². The smallest absolute Gasteiger partial charge is 0.207 e. The summed E-state index contributed by atoms with van der Waals surface area (Å²) in [6, 6.07) is 13.7. The molecular formula is C15H15ClINO2S. The molecule has 0 bridgehead atoms. The summed E-state index contributed by atoms with van der Waals surface area (Å²) >= 11 is 8.03. The van der Waals surface area contributed by atoms with Gasteiger partial charge >= 0.3 is 0 Å². The van der Waals surface area contributed by atoms with Gasteiger partial charge in [0, 0.05) is 9.45 Å². The molecule has 1 atom stereocenters. The zero-order chi connectivity index (χ0) is 15.5. The standard InChI is InChI=1S/C15H15ClINO2S/c1-11-2-8-14(9-3-11)21(19,20)18-15(10-17)12-4-6-13(16)7-5-12/h2-9,15,18H,10H2,1H3/t15-/m1/s1. The SMILES string of the molecule is Cc1ccc(S(=O)(=O)N[C@H](CI)c2ccc(Cl)cc2)cc1. The summed E-state index contributed by atoms with van der Waals surface area (Å²) < 4.78 is 28.2. The van der Waals surface area contributed by atoms with Crippen LogP contribution in [0.3, 0.4) is 0 Å². The van der Waals surface area contributed by atoms with Crippen LogP contribution in [0.5, 0.6) is 0 Å². The average Bonchev–Trinajstić information content (AvgIpc) is 2.46. The fourth-order valence-corrected chi connectivity index (χ4v) is 4.23. The van der Waals surface area contributed by atoms with E-state index in [2.05, 4.69) is 27.3 Å². The molecule has 21 heavy (non-hydrogen) atoms. The predicted octanol–water partition coefficient (Wildman–Crippen LogP) is 4.10. The summed E-state index contributed by atoms with van der Waals surface area (Å²) in [6.45, 7) is 1.92. The Morgan fingerprint density at radius 3 is 2.19 bits per heavy atom. The van der Waals surface area contributed by atoms with E-state index >= 15 is 0 Å². The monoisotopic (exact) mass is 435 g/mol. The van der Waals surface area contributed by atoms with Crippen molar-refractivity contribution in [3.8, 4) is 0 Å². The van der Waals surface area contributed by atoms with E-state index < -0.39 is 10.0 Å². The molecule has 0 radical (unpaired) electrons. The molecule has 0 heterocycles. The largest absolute Gasteiger partial charge is 0.241 e. The van der Waals surface area contributed by atoms with E-state index in [-0.39, 0.29) is 10.9 Å². The van der Waals surface area contributed by atoms with E-state index in [4.69, 9.17) is 11.6 Å². The summed E-state index contributed by atoms with van der Waals surface area (Å²) in [5, 5.41) is 0.632. The first-order valence-electron chi connectivity index (χ1n) is 6.33. The summed E-state index contributed by atoms with van der Waals surface area (Å²) in [5.41, 5.74) is 1.92. The highest BCUT2D eigenvalue weighted by molar-refractivity contribution is 14.1. The van der Waals surface area contributed by atoms with Gasteiger partial charge in [-0.2, -0.15) is 0 Å². The Hall–Kier alpha value is -0.630. The number of sulfonamides is 1. The third kappa shape index (κ3) is 4.42. The second-order valence-electron chi connectivity index (χ2n) is 4.69. The maximum Gasteiger partial charge on any atom is 0.241 e. The highest BCUT2D eigenvalue weighted by Gasteiger charge is 2.20. The molecule has 0 unspecified atom stereocenters. The normalized spacial score (nSPS) is 13.1. The Morgan fingerprint density at radius 1 is 1.10 bits per heavy atom. The topological polar surface area (TPSA) is 46.2 Å². The lowest BCUT2D eigenvalue weighted by Crippen LogP contribution is -2.29. The molecule has 2 aromatic rings. The van der Waals surface area contributed by atoms with Crippen LogP contribution in [-0.2, 0) is 10.0 Å². The maximum atomic E-state index is 12.4. The molecule has 0 aliphatic rings. The first-order chi connectivity index (χ1) is 9.92. The van der Waals surface area contributed by atoms with Gasteiger partial charge in [-0.05, 0) is 36.8 Å². The number of alkyl halides is 1. The number of benzene rings is 2. The Kier molecular flexibility index (Phi) is 5.65. The fourth-order valence-electron chi connectivity index (χ4n) is 1.86. The molecule has 6 heteroatoms. The molecule has 0 aromatic heterocycles. The molecule has 0 aliphatic carbocycles. The van der Waals surface area contributed by atoms with Crippen LogP contribution in [0.25, 0.3) is 0 Å². The van der Waals surface area contributed by atoms with Crippen molar-refractivity contribution in [2.45, 2.75) is 17.9 Å². The minimum Gasteiger partial charge on any atom is -0.207 e. The zero-order valence-electron chi connectivity index (χ0n) is 11.4. The minimum absolute atomic E-state index is 0.275. The Morgan fingerprint density at radius 2 is 1.67 bits per heavy atom. The number of aryl methyl sites for hydroxylation is 1. The molecule has 0 amide bonds. The summed E-state index contributed by atoms with van der Waals surface area (Å²) in [4.78, 5) is 0.275. The van der Waals surface area contributed by atoms with Crippen molar-refractivity contribution in [3.63, 3.8) is 0 Å². The van der Waals surface area contributed by atoms with Crippen molar-refractivity contribution in [2.24, 2.45) is 0 Å². The van der Waals surface area contributed by atoms with Gasteiger partial charge in [-0.3, -0.25) is 0 Å². The zero-order valence-corrected chi connectivity index (χ0v) is 15.1. The van der Waals surface area contributed by atoms with Crippen LogP contribution >= 0.6 is 34.2 Å². The van der Waals surface area contributed by atoms with Crippen molar-refractivity contribution in [1.29, 1.82) is 0 Å². The van der Waals surface area contributed by atoms with Crippen LogP contribution in [0, 0.1) is 6.92 Å². The quantitative estimate of drug-likeness (QED) is 0.568. The van der Waals surface area contributed by atoms with Crippen LogP contribution in [-0.4, -0.2) is 12.8 Å². The van der Waals surface area contributed by atoms with Gasteiger partial charge in [0.25, 0.3) is 0 Å². The Bertz CT molecular complexity index is 699. The highest BCUT2D eigenvalue weighted by Crippen LogP contribution is 2.21. The van der Waals surface area contributed by atoms with E-state index in [9.17, 15) is 8.42 Å². The maximum absolute atomic E-state index is 12.4. The van der Waals surface area contributed by atoms with Gasteiger partial charge in [0.15, 0.2) is 0 Å². The average molecular weight is 436 g/mol. The lowest BCUT2D eigenvalue weighted by molar-refractivity contribution is 0.569. The Labute approximate surface area is 143 Å². The third-order valence-corrected chi connectivity index (χ3v) is 5.68.